The Kier molecular flexibility index (Phi) is 4.98. The first-order valence-electron chi connectivity index (χ1n) is 8.66. The summed E-state index contributed by atoms with van der Waals surface area (Å²) in [6.45, 7) is 7.98. The summed E-state index contributed by atoms with van der Waals surface area (Å²) in [4.78, 5) is 23.2. The number of fused-ring (bicyclic) bond motifs is 1. The minimum absolute atomic E-state index is 0.0134. The first-order valence-corrected chi connectivity index (χ1v) is 9.60. The minimum Gasteiger partial charge on any atom is -0.442 e. The molecule has 1 aromatic rings. The molecule has 0 N–H and O–H groups in total. The average Bonchev–Trinajstić information content (AvgIpc) is 3.28. The Hall–Kier alpha value is -1.22. The van der Waals surface area contributed by atoms with Gasteiger partial charge in [0.25, 0.3) is 0 Å². The second kappa shape index (κ2) is 7.35. The summed E-state index contributed by atoms with van der Waals surface area (Å²) in [6.07, 6.45) is 0.865. The number of hydrogen-bond donors (Lipinski definition) is 0. The minimum atomic E-state index is -0.139. The third kappa shape index (κ3) is 3.56. The van der Waals surface area contributed by atoms with Crippen LogP contribution in [0.25, 0.3) is 0 Å². The first kappa shape index (κ1) is 16.3. The number of morpholine rings is 1. The van der Waals surface area contributed by atoms with Crippen molar-refractivity contribution in [3.8, 4) is 0 Å². The molecule has 1 amide bonds. The van der Waals surface area contributed by atoms with Crippen molar-refractivity contribution in [3.05, 3.63) is 16.6 Å². The van der Waals surface area contributed by atoms with Gasteiger partial charge in [-0.05, 0) is 6.42 Å². The number of amides is 1. The van der Waals surface area contributed by atoms with Crippen LogP contribution in [0.15, 0.2) is 10.9 Å². The summed E-state index contributed by atoms with van der Waals surface area (Å²) in [5.74, 6) is 0. The lowest BCUT2D eigenvalue weighted by Crippen LogP contribution is -2.41. The molecule has 0 radical (unpaired) electrons. The number of thiazole rings is 1. The van der Waals surface area contributed by atoms with E-state index in [4.69, 9.17) is 9.47 Å². The molecule has 3 aliphatic rings. The molecule has 2 atom stereocenters. The quantitative estimate of drug-likeness (QED) is 0.757. The standard InChI is InChI=1S/C16H24N4O3S/c21-16-20(3-1-2-18-4-6-22-7-5-18)14-9-19(10-15(14)23-16)8-13-11-24-12-17-13/h11-12,14-15H,1-10H2/t14-,15+/m0/s1. The van der Waals surface area contributed by atoms with Gasteiger partial charge in [-0.15, -0.1) is 11.3 Å². The molecule has 0 unspecified atom stereocenters. The van der Waals surface area contributed by atoms with Gasteiger partial charge in [0.1, 0.15) is 6.10 Å². The molecular weight excluding hydrogens is 328 g/mol. The molecule has 3 aliphatic heterocycles. The molecule has 7 nitrogen and oxygen atoms in total. The van der Waals surface area contributed by atoms with Crippen molar-refractivity contribution >= 4 is 17.4 Å². The molecule has 1 aromatic heterocycles. The number of nitrogens with zero attached hydrogens (tertiary/aromatic N) is 4. The molecule has 0 aliphatic carbocycles. The highest BCUT2D eigenvalue weighted by Gasteiger charge is 2.47. The maximum absolute atomic E-state index is 12.1. The summed E-state index contributed by atoms with van der Waals surface area (Å²) in [7, 11) is 0. The van der Waals surface area contributed by atoms with E-state index in [1.807, 2.05) is 10.4 Å². The van der Waals surface area contributed by atoms with Crippen LogP contribution in [0.3, 0.4) is 0 Å². The van der Waals surface area contributed by atoms with Gasteiger partial charge in [-0.3, -0.25) is 9.80 Å². The van der Waals surface area contributed by atoms with Crippen LogP contribution in [0.2, 0.25) is 0 Å². The van der Waals surface area contributed by atoms with Gasteiger partial charge in [0, 0.05) is 51.2 Å². The fourth-order valence-electron chi connectivity index (χ4n) is 3.80. The molecule has 3 saturated heterocycles. The molecule has 3 fully saturated rings. The van der Waals surface area contributed by atoms with Crippen molar-refractivity contribution in [2.45, 2.75) is 25.1 Å². The van der Waals surface area contributed by atoms with E-state index in [0.717, 1.165) is 71.1 Å². The van der Waals surface area contributed by atoms with E-state index in [1.54, 1.807) is 11.3 Å². The smallest absolute Gasteiger partial charge is 0.410 e. The highest BCUT2D eigenvalue weighted by atomic mass is 32.1. The maximum atomic E-state index is 12.1. The van der Waals surface area contributed by atoms with Crippen molar-refractivity contribution in [1.29, 1.82) is 0 Å². The number of ether oxygens (including phenoxy) is 2. The number of hydrogen-bond acceptors (Lipinski definition) is 7. The van der Waals surface area contributed by atoms with Gasteiger partial charge in [-0.25, -0.2) is 9.78 Å². The Labute approximate surface area is 146 Å². The number of rotatable bonds is 6. The van der Waals surface area contributed by atoms with Gasteiger partial charge in [0.05, 0.1) is 30.5 Å². The Morgan fingerprint density at radius 1 is 1.21 bits per heavy atom. The van der Waals surface area contributed by atoms with Crippen molar-refractivity contribution in [1.82, 2.24) is 19.7 Å². The summed E-state index contributed by atoms with van der Waals surface area (Å²) >= 11 is 1.62. The van der Waals surface area contributed by atoms with Crippen molar-refractivity contribution in [2.75, 3.05) is 52.5 Å². The van der Waals surface area contributed by atoms with E-state index >= 15 is 0 Å². The SMILES string of the molecule is O=C1O[C@@H]2CN(Cc3cscn3)C[C@@H]2N1CCCN1CCOCC1. The van der Waals surface area contributed by atoms with Gasteiger partial charge in [0.2, 0.25) is 0 Å². The zero-order valence-electron chi connectivity index (χ0n) is 13.8. The predicted octanol–water partition coefficient (Wildman–Crippen LogP) is 0.870. The van der Waals surface area contributed by atoms with Crippen LogP contribution >= 0.6 is 11.3 Å². The third-order valence-electron chi connectivity index (χ3n) is 5.05. The second-order valence-corrected chi connectivity index (χ2v) is 7.38. The Morgan fingerprint density at radius 3 is 2.88 bits per heavy atom. The molecule has 132 valence electrons. The molecule has 4 heterocycles. The van der Waals surface area contributed by atoms with Crippen LogP contribution in [-0.4, -0.2) is 90.4 Å². The highest BCUT2D eigenvalue weighted by molar-refractivity contribution is 7.07. The van der Waals surface area contributed by atoms with E-state index in [0.29, 0.717) is 0 Å². The van der Waals surface area contributed by atoms with E-state index < -0.39 is 0 Å². The normalized spacial score (nSPS) is 28.3. The maximum Gasteiger partial charge on any atom is 0.410 e. The lowest BCUT2D eigenvalue weighted by atomic mass is 10.2. The first-order chi connectivity index (χ1) is 11.8. The molecular formula is C16H24N4O3S. The van der Waals surface area contributed by atoms with E-state index in [2.05, 4.69) is 20.2 Å². The monoisotopic (exact) mass is 352 g/mol. The Bertz CT molecular complexity index is 550. The summed E-state index contributed by atoms with van der Waals surface area (Å²) in [6, 6.07) is 0.195. The van der Waals surface area contributed by atoms with E-state index in [9.17, 15) is 4.79 Å². The summed E-state index contributed by atoms with van der Waals surface area (Å²) in [5.41, 5.74) is 2.97. The lowest BCUT2D eigenvalue weighted by molar-refractivity contribution is 0.0362. The topological polar surface area (TPSA) is 58.1 Å². The van der Waals surface area contributed by atoms with Crippen LogP contribution in [0.1, 0.15) is 12.1 Å². The predicted molar refractivity (Wildman–Crippen MR) is 90.0 cm³/mol. The third-order valence-corrected chi connectivity index (χ3v) is 5.68. The zero-order chi connectivity index (χ0) is 16.4. The summed E-state index contributed by atoms with van der Waals surface area (Å²) < 4.78 is 11.0. The zero-order valence-corrected chi connectivity index (χ0v) is 14.6. The molecule has 0 spiro atoms. The van der Waals surface area contributed by atoms with Gasteiger partial charge in [-0.1, -0.05) is 0 Å². The number of aromatic nitrogens is 1. The molecule has 0 aromatic carbocycles. The van der Waals surface area contributed by atoms with E-state index in [-0.39, 0.29) is 18.2 Å². The van der Waals surface area contributed by atoms with Crippen LogP contribution < -0.4 is 0 Å². The van der Waals surface area contributed by atoms with Crippen LogP contribution in [0.5, 0.6) is 0 Å². The van der Waals surface area contributed by atoms with Crippen molar-refractivity contribution < 1.29 is 14.3 Å². The fourth-order valence-corrected chi connectivity index (χ4v) is 4.35. The highest BCUT2D eigenvalue weighted by Crippen LogP contribution is 2.28. The largest absolute Gasteiger partial charge is 0.442 e. The number of carbonyl (C=O) groups excluding carboxylic acids is 1. The van der Waals surface area contributed by atoms with Crippen molar-refractivity contribution in [3.63, 3.8) is 0 Å². The molecule has 0 saturated carbocycles. The Morgan fingerprint density at radius 2 is 2.08 bits per heavy atom. The Balaban J connectivity index is 1.27. The molecule has 24 heavy (non-hydrogen) atoms. The van der Waals surface area contributed by atoms with Crippen LogP contribution in [-0.2, 0) is 16.0 Å². The molecule has 8 heteroatoms. The lowest BCUT2D eigenvalue weighted by Gasteiger charge is -2.28. The average molecular weight is 352 g/mol. The second-order valence-electron chi connectivity index (χ2n) is 6.66. The molecule has 4 rings (SSSR count). The fraction of sp³-hybridized carbons (Fsp3) is 0.750. The number of likely N-dealkylation sites (tertiary alicyclic amines) is 1. The van der Waals surface area contributed by atoms with Gasteiger partial charge < -0.3 is 14.4 Å². The van der Waals surface area contributed by atoms with Gasteiger partial charge in [-0.2, -0.15) is 0 Å². The van der Waals surface area contributed by atoms with Crippen LogP contribution in [0, 0.1) is 0 Å². The van der Waals surface area contributed by atoms with Gasteiger partial charge >= 0.3 is 6.09 Å². The van der Waals surface area contributed by atoms with Crippen molar-refractivity contribution in [2.24, 2.45) is 0 Å². The van der Waals surface area contributed by atoms with Gasteiger partial charge in [0.15, 0.2) is 0 Å². The summed E-state index contributed by atoms with van der Waals surface area (Å²) in [5, 5.41) is 2.08. The van der Waals surface area contributed by atoms with Crippen LogP contribution in [0.4, 0.5) is 4.79 Å². The van der Waals surface area contributed by atoms with E-state index in [1.165, 1.54) is 0 Å². The molecule has 0 bridgehead atoms. The number of carbonyl (C=O) groups is 1.